The molecule has 0 aliphatic carbocycles. The van der Waals surface area contributed by atoms with E-state index in [1.54, 1.807) is 11.9 Å². The van der Waals surface area contributed by atoms with Crippen LogP contribution in [0.3, 0.4) is 0 Å². The predicted molar refractivity (Wildman–Crippen MR) is 251 cm³/mol. The number of nitrogens with one attached hydrogen (secondary N) is 2. The van der Waals surface area contributed by atoms with E-state index >= 15 is 0 Å². The normalized spacial score (nSPS) is 20.8. The maximum absolute atomic E-state index is 14.7. The smallest absolute Gasteiger partial charge is 0.324 e. The van der Waals surface area contributed by atoms with Crippen LogP contribution in [0.1, 0.15) is 70.7 Å². The van der Waals surface area contributed by atoms with Gasteiger partial charge in [-0.15, -0.1) is 0 Å². The monoisotopic (exact) mass is 890 g/mol. The summed E-state index contributed by atoms with van der Waals surface area (Å²) in [4.78, 5) is 74.5. The summed E-state index contributed by atoms with van der Waals surface area (Å²) in [6, 6.07) is 11.9. The molecule has 0 radical (unpaired) electrons. The van der Waals surface area contributed by atoms with Crippen molar-refractivity contribution in [2.75, 3.05) is 47.4 Å². The number of hydrogen-bond acceptors (Lipinski definition) is 9. The first kappa shape index (κ1) is 47.2. The number of cyclic esters (lactones) is 1. The van der Waals surface area contributed by atoms with Gasteiger partial charge in [0, 0.05) is 75.1 Å². The summed E-state index contributed by atoms with van der Waals surface area (Å²) in [5, 5.41) is 10.4. The number of ether oxygens (including phenoxy) is 1. The van der Waals surface area contributed by atoms with E-state index < -0.39 is 47.2 Å². The van der Waals surface area contributed by atoms with Crippen LogP contribution in [-0.4, -0.2) is 129 Å². The Labute approximate surface area is 383 Å². The van der Waals surface area contributed by atoms with E-state index in [-0.39, 0.29) is 37.3 Å². The van der Waals surface area contributed by atoms with Gasteiger partial charge in [0.05, 0.1) is 30.1 Å². The SMILES string of the molecule is C=CC(=O)N1CC[C@H](C(=O)N(C)[C@H](C(=O)N[C@H]2Cc3cccc(c3)-c3ccc4c(c3)c(c(-c3cnn(C)c3CN(C)C)n4CC)CC(C)(C)COC(=O)[C@@H]3CCCN(N3)C2=O)C(C)C)C1. The number of carbonyl (C=O) groups is 5. The number of nitrogens with zero attached hydrogens (tertiary/aromatic N) is 7. The fourth-order valence-electron chi connectivity index (χ4n) is 9.98. The molecule has 3 aliphatic rings. The van der Waals surface area contributed by atoms with Crippen molar-refractivity contribution < 1.29 is 28.7 Å². The molecule has 2 fully saturated rings. The zero-order chi connectivity index (χ0) is 46.9. The van der Waals surface area contributed by atoms with Crippen LogP contribution in [0.2, 0.25) is 0 Å². The van der Waals surface area contributed by atoms with Crippen molar-refractivity contribution in [2.45, 2.75) is 97.9 Å². The Morgan fingerprint density at radius 3 is 2.52 bits per heavy atom. The standard InChI is InChI=1S/C50H67N9O6/c1-11-43(60)57-22-20-35(28-57)47(62)55(9)44(31(3)4)46(61)52-40-24-32-15-13-16-33(23-32)34-18-19-41-36(25-34)37(45(58(41)12-2)38-27-51-56(10)42(38)29-54(7)8)26-50(5,6)30-65-49(64)39-17-14-21-59(53-39)48(40)63/h11,13,15-16,18-19,23,25,27,31,35,39-40,44,53H,1,12,14,17,20-22,24,26,28-30H2,2-10H3,(H,52,61)/t35-,39-,40-,44-/m0/s1. The van der Waals surface area contributed by atoms with Crippen LogP contribution < -0.4 is 10.7 Å². The van der Waals surface area contributed by atoms with Gasteiger partial charge in [0.25, 0.3) is 5.91 Å². The Hall–Kier alpha value is -5.80. The van der Waals surface area contributed by atoms with Gasteiger partial charge in [0.2, 0.25) is 17.7 Å². The minimum atomic E-state index is -1.04. The molecular weight excluding hydrogens is 823 g/mol. The van der Waals surface area contributed by atoms with E-state index in [1.807, 2.05) is 43.9 Å². The van der Waals surface area contributed by atoms with Gasteiger partial charge in [-0.1, -0.05) is 64.6 Å². The number of fused-ring (bicyclic) bond motifs is 6. The molecular formula is C50H67N9O6. The second-order valence-corrected chi connectivity index (χ2v) is 19.5. The number of rotatable bonds is 10. The molecule has 0 unspecified atom stereocenters. The summed E-state index contributed by atoms with van der Waals surface area (Å²) >= 11 is 0. The fourth-order valence-corrected chi connectivity index (χ4v) is 9.98. The maximum atomic E-state index is 14.7. The Kier molecular flexibility index (Phi) is 14.0. The predicted octanol–water partition coefficient (Wildman–Crippen LogP) is 4.96. The van der Waals surface area contributed by atoms with Crippen LogP contribution in [0.5, 0.6) is 0 Å². The first-order valence-corrected chi connectivity index (χ1v) is 23.0. The molecule has 0 saturated carbocycles. The lowest BCUT2D eigenvalue weighted by molar-refractivity contribution is -0.155. The summed E-state index contributed by atoms with van der Waals surface area (Å²) in [6.45, 7) is 16.3. The molecule has 2 aromatic heterocycles. The molecule has 2 saturated heterocycles. The van der Waals surface area contributed by atoms with Gasteiger partial charge in [-0.25, -0.2) is 5.43 Å². The van der Waals surface area contributed by atoms with Crippen molar-refractivity contribution in [3.63, 3.8) is 0 Å². The highest BCUT2D eigenvalue weighted by atomic mass is 16.5. The van der Waals surface area contributed by atoms with Crippen LogP contribution in [0.25, 0.3) is 33.3 Å². The molecule has 5 heterocycles. The molecule has 4 atom stereocenters. The van der Waals surface area contributed by atoms with Crippen molar-refractivity contribution in [1.82, 2.24) is 44.8 Å². The second kappa shape index (κ2) is 19.4. The third-order valence-corrected chi connectivity index (χ3v) is 13.3. The van der Waals surface area contributed by atoms with Crippen molar-refractivity contribution in [2.24, 2.45) is 24.3 Å². The lowest BCUT2D eigenvalue weighted by atomic mass is 9.84. The van der Waals surface area contributed by atoms with E-state index in [1.165, 1.54) is 16.0 Å². The van der Waals surface area contributed by atoms with Crippen LogP contribution in [0.15, 0.2) is 61.3 Å². The molecule has 348 valence electrons. The number of hydrogen-bond donors (Lipinski definition) is 2. The topological polar surface area (TPSA) is 154 Å². The zero-order valence-electron chi connectivity index (χ0n) is 39.6. The van der Waals surface area contributed by atoms with Gasteiger partial charge in [-0.2, -0.15) is 5.10 Å². The number of benzene rings is 2. The Morgan fingerprint density at radius 1 is 1.06 bits per heavy atom. The van der Waals surface area contributed by atoms with Crippen molar-refractivity contribution in [3.05, 3.63) is 78.1 Å². The summed E-state index contributed by atoms with van der Waals surface area (Å²) < 4.78 is 10.4. The highest BCUT2D eigenvalue weighted by molar-refractivity contribution is 5.96. The van der Waals surface area contributed by atoms with Gasteiger partial charge in [-0.3, -0.25) is 33.7 Å². The van der Waals surface area contributed by atoms with Crippen molar-refractivity contribution in [3.8, 4) is 22.4 Å². The third kappa shape index (κ3) is 9.91. The molecule has 4 amide bonds. The molecule has 2 aromatic carbocycles. The van der Waals surface area contributed by atoms with Crippen molar-refractivity contribution in [1.29, 1.82) is 0 Å². The largest absolute Gasteiger partial charge is 0.464 e. The van der Waals surface area contributed by atoms with E-state index in [0.717, 1.165) is 56.7 Å². The Balaban J connectivity index is 1.28. The van der Waals surface area contributed by atoms with Crippen LogP contribution >= 0.6 is 0 Å². The second-order valence-electron chi connectivity index (χ2n) is 19.5. The van der Waals surface area contributed by atoms with Gasteiger partial charge < -0.3 is 29.3 Å². The van der Waals surface area contributed by atoms with E-state index in [0.29, 0.717) is 45.3 Å². The number of esters is 1. The average molecular weight is 890 g/mol. The van der Waals surface area contributed by atoms with E-state index in [4.69, 9.17) is 9.84 Å². The molecule has 3 aliphatic heterocycles. The van der Waals surface area contributed by atoms with Gasteiger partial charge >= 0.3 is 5.97 Å². The lowest BCUT2D eigenvalue weighted by Gasteiger charge is -2.37. The first-order valence-electron chi connectivity index (χ1n) is 23.0. The summed E-state index contributed by atoms with van der Waals surface area (Å²) in [5.74, 6) is -2.52. The van der Waals surface area contributed by atoms with Crippen molar-refractivity contribution >= 4 is 40.5 Å². The summed E-state index contributed by atoms with van der Waals surface area (Å²) in [6.07, 6.45) is 5.50. The quantitative estimate of drug-likeness (QED) is 0.166. The minimum absolute atomic E-state index is 0.153. The van der Waals surface area contributed by atoms with Crippen LogP contribution in [0.4, 0.5) is 0 Å². The summed E-state index contributed by atoms with van der Waals surface area (Å²) in [7, 11) is 7.71. The number of likely N-dealkylation sites (N-methyl/N-ethyl adjacent to an activating group) is 1. The van der Waals surface area contributed by atoms with E-state index in [2.05, 4.69) is 92.0 Å². The molecule has 4 aromatic rings. The van der Waals surface area contributed by atoms with Gasteiger partial charge in [-0.05, 0) is 93.1 Å². The lowest BCUT2D eigenvalue weighted by Crippen LogP contribution is -2.62. The molecule has 15 nitrogen and oxygen atoms in total. The highest BCUT2D eigenvalue weighted by Crippen LogP contribution is 2.41. The third-order valence-electron chi connectivity index (χ3n) is 13.3. The molecule has 15 heteroatoms. The number of hydrazine groups is 1. The fraction of sp³-hybridized carbons (Fsp3) is 0.520. The zero-order valence-corrected chi connectivity index (χ0v) is 39.6. The Bertz CT molecular complexity index is 2470. The molecule has 7 rings (SSSR count). The highest BCUT2D eigenvalue weighted by Gasteiger charge is 2.40. The van der Waals surface area contributed by atoms with E-state index in [9.17, 15) is 24.0 Å². The van der Waals surface area contributed by atoms with Crippen LogP contribution in [0, 0.1) is 17.3 Å². The number of carbonyl (C=O) groups excluding carboxylic acids is 5. The minimum Gasteiger partial charge on any atom is -0.464 e. The number of aryl methyl sites for hydroxylation is 2. The van der Waals surface area contributed by atoms with Crippen LogP contribution in [-0.2, 0) is 61.7 Å². The molecule has 0 spiro atoms. The Morgan fingerprint density at radius 2 is 1.82 bits per heavy atom. The summed E-state index contributed by atoms with van der Waals surface area (Å²) in [5.41, 5.74) is 11.0. The molecule has 6 bridgehead atoms. The molecule has 2 N–H and O–H groups in total. The maximum Gasteiger partial charge on any atom is 0.324 e. The number of likely N-dealkylation sites (tertiary alicyclic amines) is 1. The number of aromatic nitrogens is 3. The van der Waals surface area contributed by atoms with Gasteiger partial charge in [0.1, 0.15) is 18.1 Å². The average Bonchev–Trinajstić information content (AvgIpc) is 3.99. The molecule has 65 heavy (non-hydrogen) atoms. The number of amides is 4. The van der Waals surface area contributed by atoms with Gasteiger partial charge in [0.15, 0.2) is 0 Å². The first-order chi connectivity index (χ1) is 30.9.